The van der Waals surface area contributed by atoms with E-state index in [2.05, 4.69) is 19.4 Å². The molecule has 1 aromatic heterocycles. The molecule has 1 aliphatic carbocycles. The Morgan fingerprint density at radius 1 is 1.44 bits per heavy atom. The molecule has 6 nitrogen and oxygen atoms in total. The van der Waals surface area contributed by atoms with E-state index < -0.39 is 5.54 Å². The summed E-state index contributed by atoms with van der Waals surface area (Å²) in [5.41, 5.74) is -0.493. The van der Waals surface area contributed by atoms with E-state index in [1.807, 2.05) is 6.92 Å². The summed E-state index contributed by atoms with van der Waals surface area (Å²) in [6.45, 7) is 2.43. The van der Waals surface area contributed by atoms with Crippen molar-refractivity contribution in [1.82, 2.24) is 19.4 Å². The van der Waals surface area contributed by atoms with Crippen LogP contribution in [0.5, 0.6) is 0 Å². The van der Waals surface area contributed by atoms with E-state index in [4.69, 9.17) is 0 Å². The Bertz CT molecular complexity index is 426. The molecule has 0 spiro atoms. The molecule has 2 amide bonds. The van der Waals surface area contributed by atoms with Gasteiger partial charge in [0.15, 0.2) is 5.69 Å². The largest absolute Gasteiger partial charge is 0.354 e. The van der Waals surface area contributed by atoms with E-state index in [0.29, 0.717) is 19.4 Å². The number of nitrogens with one attached hydrogen (secondary N) is 2. The van der Waals surface area contributed by atoms with E-state index in [1.54, 1.807) is 0 Å². The Labute approximate surface area is 109 Å². The molecule has 2 N–H and O–H groups in total. The molecule has 0 atom stereocenters. The van der Waals surface area contributed by atoms with E-state index in [0.717, 1.165) is 24.6 Å². The molecule has 0 unspecified atom stereocenters. The van der Waals surface area contributed by atoms with Crippen LogP contribution < -0.4 is 10.6 Å². The average molecular weight is 268 g/mol. The lowest BCUT2D eigenvalue weighted by Gasteiger charge is -2.28. The summed E-state index contributed by atoms with van der Waals surface area (Å²) in [6.07, 6.45) is 4.68. The number of aromatic nitrogens is 2. The maximum atomic E-state index is 12.1. The lowest BCUT2D eigenvalue weighted by atomic mass is 9.96. The van der Waals surface area contributed by atoms with Gasteiger partial charge in [-0.15, -0.1) is 0 Å². The van der Waals surface area contributed by atoms with Crippen LogP contribution in [0.1, 0.15) is 43.1 Å². The first-order valence-electron chi connectivity index (χ1n) is 6.06. The summed E-state index contributed by atoms with van der Waals surface area (Å²) < 4.78 is 7.67. The molecule has 1 aromatic rings. The van der Waals surface area contributed by atoms with Crippen LogP contribution in [0.3, 0.4) is 0 Å². The van der Waals surface area contributed by atoms with Gasteiger partial charge >= 0.3 is 0 Å². The first kappa shape index (κ1) is 12.9. The minimum atomic E-state index is -0.767. The maximum Gasteiger partial charge on any atom is 0.273 e. The van der Waals surface area contributed by atoms with Gasteiger partial charge in [-0.1, -0.05) is 12.8 Å². The molecule has 1 aliphatic rings. The topological polar surface area (TPSA) is 84.0 Å². The highest BCUT2D eigenvalue weighted by Gasteiger charge is 2.42. The Morgan fingerprint density at radius 3 is 2.72 bits per heavy atom. The van der Waals surface area contributed by atoms with Crippen molar-refractivity contribution in [2.75, 3.05) is 6.54 Å². The van der Waals surface area contributed by atoms with Crippen molar-refractivity contribution in [3.05, 3.63) is 11.9 Å². The molecular weight excluding hydrogens is 252 g/mol. The summed E-state index contributed by atoms with van der Waals surface area (Å²) in [4.78, 5) is 24.1. The van der Waals surface area contributed by atoms with E-state index in [-0.39, 0.29) is 17.5 Å². The van der Waals surface area contributed by atoms with Crippen molar-refractivity contribution in [3.63, 3.8) is 0 Å². The normalized spacial score (nSPS) is 17.4. The third-order valence-corrected chi connectivity index (χ3v) is 3.65. The standard InChI is InChI=1S/C11H16N4O2S/c1-2-12-10(17)11(5-3-4-6-11)14-9(16)8-7-13-18-15-8/h7H,2-6H2,1H3,(H,12,17)(H,14,16). The first-order chi connectivity index (χ1) is 8.68. The van der Waals surface area contributed by atoms with Gasteiger partial charge in [-0.05, 0) is 19.8 Å². The molecule has 1 saturated carbocycles. The second-order valence-corrected chi connectivity index (χ2v) is 4.95. The van der Waals surface area contributed by atoms with Crippen molar-refractivity contribution in [3.8, 4) is 0 Å². The number of rotatable bonds is 4. The highest BCUT2D eigenvalue weighted by Crippen LogP contribution is 2.30. The molecule has 98 valence electrons. The predicted molar refractivity (Wildman–Crippen MR) is 67.3 cm³/mol. The van der Waals surface area contributed by atoms with Gasteiger partial charge in [0.25, 0.3) is 5.91 Å². The van der Waals surface area contributed by atoms with Crippen LogP contribution in [0.25, 0.3) is 0 Å². The van der Waals surface area contributed by atoms with Crippen molar-refractivity contribution < 1.29 is 9.59 Å². The molecule has 7 heteroatoms. The number of carbonyl (C=O) groups excluding carboxylic acids is 2. The lowest BCUT2D eigenvalue weighted by molar-refractivity contribution is -0.127. The Balaban J connectivity index is 2.11. The monoisotopic (exact) mass is 268 g/mol. The lowest BCUT2D eigenvalue weighted by Crippen LogP contribution is -2.57. The van der Waals surface area contributed by atoms with E-state index in [1.165, 1.54) is 6.20 Å². The van der Waals surface area contributed by atoms with E-state index >= 15 is 0 Å². The van der Waals surface area contributed by atoms with Gasteiger partial charge in [0.1, 0.15) is 5.54 Å². The zero-order chi connectivity index (χ0) is 13.0. The molecule has 2 rings (SSSR count). The van der Waals surface area contributed by atoms with Crippen LogP contribution in [0, 0.1) is 0 Å². The third-order valence-electron chi connectivity index (χ3n) is 3.18. The molecule has 0 aliphatic heterocycles. The van der Waals surface area contributed by atoms with Crippen molar-refractivity contribution in [2.45, 2.75) is 38.1 Å². The molecule has 1 fully saturated rings. The van der Waals surface area contributed by atoms with Gasteiger partial charge in [-0.25, -0.2) is 0 Å². The van der Waals surface area contributed by atoms with Crippen LogP contribution in [0.15, 0.2) is 6.20 Å². The quantitative estimate of drug-likeness (QED) is 0.842. The Kier molecular flexibility index (Phi) is 3.90. The molecular formula is C11H16N4O2S. The van der Waals surface area contributed by atoms with Crippen molar-refractivity contribution >= 4 is 23.5 Å². The second kappa shape index (κ2) is 5.43. The molecule has 0 saturated heterocycles. The molecule has 1 heterocycles. The third kappa shape index (κ3) is 2.50. The minimum Gasteiger partial charge on any atom is -0.354 e. The fourth-order valence-corrected chi connectivity index (χ4v) is 2.68. The van der Waals surface area contributed by atoms with Gasteiger partial charge in [0.05, 0.1) is 17.9 Å². The Morgan fingerprint density at radius 2 is 2.17 bits per heavy atom. The summed E-state index contributed by atoms with van der Waals surface area (Å²) in [7, 11) is 0. The zero-order valence-corrected chi connectivity index (χ0v) is 11.0. The van der Waals surface area contributed by atoms with Crippen LogP contribution in [0.2, 0.25) is 0 Å². The molecule has 0 aromatic carbocycles. The van der Waals surface area contributed by atoms with Crippen LogP contribution in [-0.2, 0) is 4.79 Å². The number of hydrogen-bond donors (Lipinski definition) is 2. The summed E-state index contributed by atoms with van der Waals surface area (Å²) in [5, 5.41) is 5.62. The summed E-state index contributed by atoms with van der Waals surface area (Å²) in [6, 6.07) is 0. The number of likely N-dealkylation sites (N-methyl/N-ethyl adjacent to an activating group) is 1. The number of carbonyl (C=O) groups is 2. The second-order valence-electron chi connectivity index (χ2n) is 4.40. The maximum absolute atomic E-state index is 12.1. The highest BCUT2D eigenvalue weighted by molar-refractivity contribution is 6.99. The van der Waals surface area contributed by atoms with Gasteiger partial charge in [-0.2, -0.15) is 8.75 Å². The molecule has 0 bridgehead atoms. The molecule has 18 heavy (non-hydrogen) atoms. The van der Waals surface area contributed by atoms with Crippen LogP contribution in [-0.4, -0.2) is 32.6 Å². The summed E-state index contributed by atoms with van der Waals surface area (Å²) in [5.74, 6) is -0.420. The van der Waals surface area contributed by atoms with Gasteiger partial charge in [0, 0.05) is 6.54 Å². The van der Waals surface area contributed by atoms with Gasteiger partial charge in [-0.3, -0.25) is 9.59 Å². The van der Waals surface area contributed by atoms with Crippen LogP contribution >= 0.6 is 11.7 Å². The number of hydrogen-bond acceptors (Lipinski definition) is 5. The fourth-order valence-electron chi connectivity index (χ4n) is 2.26. The first-order valence-corrected chi connectivity index (χ1v) is 6.79. The smallest absolute Gasteiger partial charge is 0.273 e. The van der Waals surface area contributed by atoms with Gasteiger partial charge in [0.2, 0.25) is 5.91 Å². The minimum absolute atomic E-state index is 0.0981. The Hall–Kier alpha value is -1.50. The summed E-state index contributed by atoms with van der Waals surface area (Å²) >= 11 is 0.982. The van der Waals surface area contributed by atoms with Crippen molar-refractivity contribution in [1.29, 1.82) is 0 Å². The van der Waals surface area contributed by atoms with Gasteiger partial charge < -0.3 is 10.6 Å². The number of nitrogens with zero attached hydrogens (tertiary/aromatic N) is 2. The highest BCUT2D eigenvalue weighted by atomic mass is 32.1. The molecule has 0 radical (unpaired) electrons. The van der Waals surface area contributed by atoms with Crippen molar-refractivity contribution in [2.24, 2.45) is 0 Å². The SMILES string of the molecule is CCNC(=O)C1(NC(=O)c2cnsn2)CCCC1. The average Bonchev–Trinajstić information content (AvgIpc) is 3.00. The van der Waals surface area contributed by atoms with E-state index in [9.17, 15) is 9.59 Å². The number of amides is 2. The van der Waals surface area contributed by atoms with Crippen LogP contribution in [0.4, 0.5) is 0 Å². The zero-order valence-electron chi connectivity index (χ0n) is 10.2. The predicted octanol–water partition coefficient (Wildman–Crippen LogP) is 0.717. The fraction of sp³-hybridized carbons (Fsp3) is 0.636.